The molecule has 0 aromatic rings. The minimum absolute atomic E-state index is 0.0809. The van der Waals surface area contributed by atoms with Crippen molar-refractivity contribution in [2.24, 2.45) is 5.41 Å². The van der Waals surface area contributed by atoms with E-state index in [2.05, 4.69) is 0 Å². The SMILES string of the molecule is CC[C@H](NC(=O)N1CCC(C)(C(=O)O)C1)C(F)(F)F. The molecule has 0 aromatic heterocycles. The first-order chi connectivity index (χ1) is 8.60. The Morgan fingerprint density at radius 3 is 2.42 bits per heavy atom. The van der Waals surface area contributed by atoms with Gasteiger partial charge in [0.15, 0.2) is 0 Å². The van der Waals surface area contributed by atoms with Gasteiger partial charge in [-0.2, -0.15) is 13.2 Å². The minimum Gasteiger partial charge on any atom is -0.481 e. The first-order valence-corrected chi connectivity index (χ1v) is 5.95. The van der Waals surface area contributed by atoms with Crippen LogP contribution in [0, 0.1) is 5.41 Å². The van der Waals surface area contributed by atoms with Crippen molar-refractivity contribution < 1.29 is 27.9 Å². The first-order valence-electron chi connectivity index (χ1n) is 5.95. The van der Waals surface area contributed by atoms with Crippen LogP contribution in [-0.2, 0) is 4.79 Å². The molecule has 0 spiro atoms. The summed E-state index contributed by atoms with van der Waals surface area (Å²) in [7, 11) is 0. The van der Waals surface area contributed by atoms with Gasteiger partial charge in [0, 0.05) is 13.1 Å². The molecule has 8 heteroatoms. The fraction of sp³-hybridized carbons (Fsp3) is 0.818. The highest BCUT2D eigenvalue weighted by atomic mass is 19.4. The molecule has 1 heterocycles. The maximum Gasteiger partial charge on any atom is 0.408 e. The van der Waals surface area contributed by atoms with Gasteiger partial charge in [-0.15, -0.1) is 0 Å². The molecule has 1 saturated heterocycles. The van der Waals surface area contributed by atoms with Crippen molar-refractivity contribution in [1.82, 2.24) is 10.2 Å². The molecule has 0 aliphatic carbocycles. The van der Waals surface area contributed by atoms with Crippen molar-refractivity contribution in [1.29, 1.82) is 0 Å². The zero-order chi connectivity index (χ0) is 14.8. The van der Waals surface area contributed by atoms with Crippen LogP contribution in [0.2, 0.25) is 0 Å². The number of hydrogen-bond donors (Lipinski definition) is 2. The third kappa shape index (κ3) is 3.51. The lowest BCUT2D eigenvalue weighted by molar-refractivity contribution is -0.154. The highest BCUT2D eigenvalue weighted by Gasteiger charge is 2.44. The maximum absolute atomic E-state index is 12.5. The third-order valence-corrected chi connectivity index (χ3v) is 3.38. The molecule has 2 atom stereocenters. The minimum atomic E-state index is -4.50. The van der Waals surface area contributed by atoms with Crippen molar-refractivity contribution in [3.05, 3.63) is 0 Å². The summed E-state index contributed by atoms with van der Waals surface area (Å²) in [5, 5.41) is 10.9. The van der Waals surface area contributed by atoms with Crippen molar-refractivity contribution in [2.45, 2.75) is 38.9 Å². The smallest absolute Gasteiger partial charge is 0.408 e. The fourth-order valence-electron chi connectivity index (χ4n) is 1.96. The monoisotopic (exact) mass is 282 g/mol. The number of carboxylic acids is 1. The highest BCUT2D eigenvalue weighted by molar-refractivity contribution is 5.79. The van der Waals surface area contributed by atoms with Gasteiger partial charge in [-0.1, -0.05) is 6.92 Å². The van der Waals surface area contributed by atoms with E-state index in [0.29, 0.717) is 0 Å². The predicted octanol–water partition coefficient (Wildman–Crippen LogP) is 1.83. The van der Waals surface area contributed by atoms with Gasteiger partial charge < -0.3 is 15.3 Å². The Morgan fingerprint density at radius 2 is 2.05 bits per heavy atom. The summed E-state index contributed by atoms with van der Waals surface area (Å²) in [6.07, 6.45) is -4.53. The van der Waals surface area contributed by atoms with E-state index in [-0.39, 0.29) is 25.9 Å². The number of carbonyl (C=O) groups is 2. The Bertz CT molecular complexity index is 373. The van der Waals surface area contributed by atoms with Crippen molar-refractivity contribution in [2.75, 3.05) is 13.1 Å². The third-order valence-electron chi connectivity index (χ3n) is 3.38. The number of likely N-dealkylation sites (tertiary alicyclic amines) is 1. The molecule has 110 valence electrons. The van der Waals surface area contributed by atoms with Crippen LogP contribution in [0.15, 0.2) is 0 Å². The number of carboxylic acid groups (broad SMARTS) is 1. The summed E-state index contributed by atoms with van der Waals surface area (Å²) in [6, 6.07) is -2.77. The van der Waals surface area contributed by atoms with E-state index in [1.54, 1.807) is 0 Å². The van der Waals surface area contributed by atoms with Crippen LogP contribution in [0.5, 0.6) is 0 Å². The van der Waals surface area contributed by atoms with E-state index in [1.807, 2.05) is 5.32 Å². The molecule has 0 bridgehead atoms. The molecule has 2 amide bonds. The zero-order valence-electron chi connectivity index (χ0n) is 10.8. The van der Waals surface area contributed by atoms with Crippen LogP contribution in [0.4, 0.5) is 18.0 Å². The van der Waals surface area contributed by atoms with Crippen LogP contribution >= 0.6 is 0 Å². The standard InChI is InChI=1S/C11H17F3N2O3/c1-3-7(11(12,13)14)15-9(19)16-5-4-10(2,6-16)8(17)18/h7H,3-6H2,1-2H3,(H,15,19)(H,17,18)/t7-,10?/m0/s1. The van der Waals surface area contributed by atoms with Gasteiger partial charge >= 0.3 is 18.2 Å². The van der Waals surface area contributed by atoms with Gasteiger partial charge in [0.1, 0.15) is 6.04 Å². The molecule has 2 N–H and O–H groups in total. The maximum atomic E-state index is 12.5. The Balaban J connectivity index is 2.64. The van der Waals surface area contributed by atoms with E-state index in [9.17, 15) is 22.8 Å². The molecule has 1 aliphatic heterocycles. The van der Waals surface area contributed by atoms with Crippen LogP contribution in [0.25, 0.3) is 0 Å². The summed E-state index contributed by atoms with van der Waals surface area (Å²) in [5.41, 5.74) is -1.09. The van der Waals surface area contributed by atoms with E-state index >= 15 is 0 Å². The molecule has 1 unspecified atom stereocenters. The van der Waals surface area contributed by atoms with Crippen molar-refractivity contribution in [3.8, 4) is 0 Å². The van der Waals surface area contributed by atoms with E-state index in [0.717, 1.165) is 4.90 Å². The number of alkyl halides is 3. The van der Waals surface area contributed by atoms with E-state index in [1.165, 1.54) is 13.8 Å². The summed E-state index contributed by atoms with van der Waals surface area (Å²) >= 11 is 0. The number of hydrogen-bond acceptors (Lipinski definition) is 2. The van der Waals surface area contributed by atoms with Crippen LogP contribution in [0.1, 0.15) is 26.7 Å². The van der Waals surface area contributed by atoms with Crippen LogP contribution in [0.3, 0.4) is 0 Å². The lowest BCUT2D eigenvalue weighted by atomic mass is 9.90. The fourth-order valence-corrected chi connectivity index (χ4v) is 1.96. The molecule has 5 nitrogen and oxygen atoms in total. The molecular weight excluding hydrogens is 265 g/mol. The Morgan fingerprint density at radius 1 is 1.47 bits per heavy atom. The van der Waals surface area contributed by atoms with Gasteiger partial charge in [0.05, 0.1) is 5.41 Å². The van der Waals surface area contributed by atoms with Crippen LogP contribution < -0.4 is 5.32 Å². The number of carbonyl (C=O) groups excluding carboxylic acids is 1. The normalized spacial score (nSPS) is 25.2. The van der Waals surface area contributed by atoms with Gasteiger partial charge in [-0.25, -0.2) is 4.79 Å². The lowest BCUT2D eigenvalue weighted by Gasteiger charge is -2.25. The Hall–Kier alpha value is -1.47. The zero-order valence-corrected chi connectivity index (χ0v) is 10.8. The molecule has 0 saturated carbocycles. The van der Waals surface area contributed by atoms with E-state index < -0.39 is 29.6 Å². The predicted molar refractivity (Wildman–Crippen MR) is 60.6 cm³/mol. The molecule has 1 fully saturated rings. The average Bonchev–Trinajstić information content (AvgIpc) is 2.68. The van der Waals surface area contributed by atoms with Gasteiger partial charge in [-0.3, -0.25) is 4.79 Å². The number of nitrogens with one attached hydrogen (secondary N) is 1. The average molecular weight is 282 g/mol. The first kappa shape index (κ1) is 15.6. The highest BCUT2D eigenvalue weighted by Crippen LogP contribution is 2.30. The summed E-state index contributed by atoms with van der Waals surface area (Å²) in [5.74, 6) is -1.05. The molecule has 0 radical (unpaired) electrons. The van der Waals surface area contributed by atoms with Crippen molar-refractivity contribution >= 4 is 12.0 Å². The molecule has 1 rings (SSSR count). The lowest BCUT2D eigenvalue weighted by Crippen LogP contribution is -2.50. The second-order valence-corrected chi connectivity index (χ2v) is 4.99. The number of rotatable bonds is 3. The second kappa shape index (κ2) is 5.26. The van der Waals surface area contributed by atoms with Gasteiger partial charge in [-0.05, 0) is 19.8 Å². The quantitative estimate of drug-likeness (QED) is 0.829. The molecular formula is C11H17F3N2O3. The number of amides is 2. The summed E-state index contributed by atoms with van der Waals surface area (Å²) < 4.78 is 37.6. The van der Waals surface area contributed by atoms with Crippen LogP contribution in [-0.4, -0.2) is 47.3 Å². The summed E-state index contributed by atoms with van der Waals surface area (Å²) in [6.45, 7) is 2.86. The summed E-state index contributed by atoms with van der Waals surface area (Å²) in [4.78, 5) is 23.8. The van der Waals surface area contributed by atoms with Gasteiger partial charge in [0.25, 0.3) is 0 Å². The largest absolute Gasteiger partial charge is 0.481 e. The number of halogens is 3. The topological polar surface area (TPSA) is 69.6 Å². The molecule has 1 aliphatic rings. The number of urea groups is 1. The second-order valence-electron chi connectivity index (χ2n) is 4.99. The van der Waals surface area contributed by atoms with Gasteiger partial charge in [0.2, 0.25) is 0 Å². The molecule has 0 aromatic carbocycles. The number of nitrogens with zero attached hydrogens (tertiary/aromatic N) is 1. The number of aliphatic carboxylic acids is 1. The van der Waals surface area contributed by atoms with Crippen molar-refractivity contribution in [3.63, 3.8) is 0 Å². The van der Waals surface area contributed by atoms with E-state index in [4.69, 9.17) is 5.11 Å². The Kier molecular flexibility index (Phi) is 4.32. The molecule has 19 heavy (non-hydrogen) atoms. The Labute approximate surface area is 108 Å².